The molecule has 0 fully saturated rings. The summed E-state index contributed by atoms with van der Waals surface area (Å²) >= 11 is 5.89. The molecule has 1 heterocycles. The number of amides is 1. The van der Waals surface area contributed by atoms with Gasteiger partial charge in [0, 0.05) is 17.6 Å². The summed E-state index contributed by atoms with van der Waals surface area (Å²) in [5.41, 5.74) is 0.448. The highest BCUT2D eigenvalue weighted by molar-refractivity contribution is 6.31. The van der Waals surface area contributed by atoms with Crippen LogP contribution in [0.25, 0.3) is 0 Å². The van der Waals surface area contributed by atoms with Crippen molar-refractivity contribution in [1.82, 2.24) is 20.3 Å². The van der Waals surface area contributed by atoms with Gasteiger partial charge >= 0.3 is 0 Å². The molecule has 0 radical (unpaired) electrons. The van der Waals surface area contributed by atoms with Crippen LogP contribution in [-0.4, -0.2) is 33.3 Å². The average molecular weight is 269 g/mol. The van der Waals surface area contributed by atoms with Crippen molar-refractivity contribution in [2.24, 2.45) is 0 Å². The highest BCUT2D eigenvalue weighted by Crippen LogP contribution is 2.20. The number of hydrogen-bond donors (Lipinski definition) is 1. The van der Waals surface area contributed by atoms with Crippen LogP contribution in [0.3, 0.4) is 0 Å². The van der Waals surface area contributed by atoms with Crippen molar-refractivity contribution >= 4 is 17.5 Å². The lowest BCUT2D eigenvalue weighted by Crippen LogP contribution is -2.27. The van der Waals surface area contributed by atoms with Crippen LogP contribution >= 0.6 is 11.6 Å². The number of nitrogens with one attached hydrogen (secondary N) is 1. The number of halogens is 2. The maximum atomic E-state index is 13.6. The van der Waals surface area contributed by atoms with Crippen molar-refractivity contribution in [2.45, 2.75) is 6.54 Å². The van der Waals surface area contributed by atoms with Gasteiger partial charge in [0.05, 0.1) is 12.7 Å². The summed E-state index contributed by atoms with van der Waals surface area (Å²) in [5.74, 6) is -0.801. The molecule has 18 heavy (non-hydrogen) atoms. The summed E-state index contributed by atoms with van der Waals surface area (Å²) in [5, 5.41) is 9.85. The molecule has 1 amide bonds. The molecule has 0 unspecified atom stereocenters. The molecule has 0 bridgehead atoms. The van der Waals surface area contributed by atoms with Crippen LogP contribution in [0.1, 0.15) is 16.1 Å². The predicted octanol–water partition coefficient (Wildman–Crippen LogP) is 1.87. The van der Waals surface area contributed by atoms with Crippen molar-refractivity contribution in [1.29, 1.82) is 0 Å². The Hall–Kier alpha value is -1.95. The zero-order valence-electron chi connectivity index (χ0n) is 9.52. The van der Waals surface area contributed by atoms with E-state index in [2.05, 4.69) is 15.4 Å². The SMILES string of the molecule is CN(Cc1c(F)cccc1Cl)C(=O)c1cn[nH]n1. The second-order valence-corrected chi connectivity index (χ2v) is 4.12. The molecule has 1 aromatic carbocycles. The zero-order chi connectivity index (χ0) is 13.1. The highest BCUT2D eigenvalue weighted by atomic mass is 35.5. The second-order valence-electron chi connectivity index (χ2n) is 3.72. The number of rotatable bonds is 3. The van der Waals surface area contributed by atoms with E-state index in [9.17, 15) is 9.18 Å². The summed E-state index contributed by atoms with van der Waals surface area (Å²) < 4.78 is 13.6. The molecule has 0 saturated heterocycles. The third kappa shape index (κ3) is 2.48. The van der Waals surface area contributed by atoms with Gasteiger partial charge in [-0.25, -0.2) is 4.39 Å². The van der Waals surface area contributed by atoms with Crippen LogP contribution in [0.2, 0.25) is 5.02 Å². The monoisotopic (exact) mass is 268 g/mol. The normalized spacial score (nSPS) is 10.4. The molecule has 5 nitrogen and oxygen atoms in total. The lowest BCUT2D eigenvalue weighted by molar-refractivity contribution is 0.0778. The van der Waals surface area contributed by atoms with E-state index in [0.29, 0.717) is 0 Å². The molecule has 1 N–H and O–H groups in total. The van der Waals surface area contributed by atoms with Gasteiger partial charge in [0.2, 0.25) is 0 Å². The Morgan fingerprint density at radius 2 is 2.33 bits per heavy atom. The predicted molar refractivity (Wildman–Crippen MR) is 63.6 cm³/mol. The molecule has 94 valence electrons. The van der Waals surface area contributed by atoms with Crippen molar-refractivity contribution in [2.75, 3.05) is 7.05 Å². The Morgan fingerprint density at radius 1 is 1.56 bits per heavy atom. The number of H-pyrrole nitrogens is 1. The number of carbonyl (C=O) groups excluding carboxylic acids is 1. The quantitative estimate of drug-likeness (QED) is 0.924. The molecular formula is C11H10ClFN4O. The molecule has 2 aromatic rings. The van der Waals surface area contributed by atoms with E-state index >= 15 is 0 Å². The van der Waals surface area contributed by atoms with Crippen LogP contribution in [0.15, 0.2) is 24.4 Å². The number of carbonyl (C=O) groups is 1. The fraction of sp³-hybridized carbons (Fsp3) is 0.182. The number of benzene rings is 1. The van der Waals surface area contributed by atoms with Gasteiger partial charge in [-0.2, -0.15) is 15.4 Å². The Balaban J connectivity index is 2.17. The van der Waals surface area contributed by atoms with Crippen molar-refractivity contribution in [3.63, 3.8) is 0 Å². The van der Waals surface area contributed by atoms with Gasteiger partial charge in [0.1, 0.15) is 5.82 Å². The van der Waals surface area contributed by atoms with Gasteiger partial charge in [-0.05, 0) is 12.1 Å². The van der Waals surface area contributed by atoms with E-state index in [4.69, 9.17) is 11.6 Å². The van der Waals surface area contributed by atoms with E-state index in [-0.39, 0.29) is 28.7 Å². The van der Waals surface area contributed by atoms with Gasteiger partial charge in [0.25, 0.3) is 5.91 Å². The minimum Gasteiger partial charge on any atom is -0.336 e. The fourth-order valence-corrected chi connectivity index (χ4v) is 1.72. The number of nitrogens with zero attached hydrogens (tertiary/aromatic N) is 3. The van der Waals surface area contributed by atoms with Gasteiger partial charge < -0.3 is 4.90 Å². The summed E-state index contributed by atoms with van der Waals surface area (Å²) in [6.45, 7) is 0.0667. The van der Waals surface area contributed by atoms with Crippen molar-refractivity contribution in [3.05, 3.63) is 46.5 Å². The van der Waals surface area contributed by atoms with E-state index < -0.39 is 5.82 Å². The maximum Gasteiger partial charge on any atom is 0.276 e. The summed E-state index contributed by atoms with van der Waals surface area (Å²) in [6.07, 6.45) is 1.31. The molecule has 0 aliphatic carbocycles. The van der Waals surface area contributed by atoms with Gasteiger partial charge in [0.15, 0.2) is 5.69 Å². The molecular weight excluding hydrogens is 259 g/mol. The smallest absolute Gasteiger partial charge is 0.276 e. The largest absolute Gasteiger partial charge is 0.336 e. The third-order valence-electron chi connectivity index (χ3n) is 2.44. The molecule has 0 spiro atoms. The van der Waals surface area contributed by atoms with Crippen LogP contribution < -0.4 is 0 Å². The van der Waals surface area contributed by atoms with E-state index in [1.807, 2.05) is 0 Å². The first-order valence-corrected chi connectivity index (χ1v) is 5.51. The van der Waals surface area contributed by atoms with E-state index in [1.165, 1.54) is 23.2 Å². The first-order valence-electron chi connectivity index (χ1n) is 5.13. The molecule has 0 aliphatic rings. The minimum atomic E-state index is -0.442. The van der Waals surface area contributed by atoms with Gasteiger partial charge in [-0.15, -0.1) is 0 Å². The van der Waals surface area contributed by atoms with Crippen molar-refractivity contribution in [3.8, 4) is 0 Å². The van der Waals surface area contributed by atoms with Crippen LogP contribution in [0.4, 0.5) is 4.39 Å². The molecule has 2 rings (SSSR count). The van der Waals surface area contributed by atoms with Gasteiger partial charge in [-0.3, -0.25) is 4.79 Å². The van der Waals surface area contributed by atoms with E-state index in [1.54, 1.807) is 13.1 Å². The topological polar surface area (TPSA) is 61.9 Å². The Labute approximate surface area is 108 Å². The lowest BCUT2D eigenvalue weighted by Gasteiger charge is -2.16. The minimum absolute atomic E-state index is 0.0667. The molecule has 0 saturated carbocycles. The first-order chi connectivity index (χ1) is 8.59. The summed E-state index contributed by atoms with van der Waals surface area (Å²) in [4.78, 5) is 13.2. The third-order valence-corrected chi connectivity index (χ3v) is 2.79. The number of aromatic amines is 1. The summed E-state index contributed by atoms with van der Waals surface area (Å²) in [6, 6.07) is 4.39. The summed E-state index contributed by atoms with van der Waals surface area (Å²) in [7, 11) is 1.54. The van der Waals surface area contributed by atoms with Crippen LogP contribution in [0.5, 0.6) is 0 Å². The first kappa shape index (κ1) is 12.5. The molecule has 7 heteroatoms. The highest BCUT2D eigenvalue weighted by Gasteiger charge is 2.17. The zero-order valence-corrected chi connectivity index (χ0v) is 10.3. The van der Waals surface area contributed by atoms with E-state index in [0.717, 1.165) is 0 Å². The Kier molecular flexibility index (Phi) is 3.57. The fourth-order valence-electron chi connectivity index (χ4n) is 1.49. The van der Waals surface area contributed by atoms with Gasteiger partial charge in [-0.1, -0.05) is 17.7 Å². The molecule has 0 atom stereocenters. The maximum absolute atomic E-state index is 13.6. The number of hydrogen-bond acceptors (Lipinski definition) is 3. The molecule has 0 aliphatic heterocycles. The second kappa shape index (κ2) is 5.14. The molecule has 1 aromatic heterocycles. The van der Waals surface area contributed by atoms with Crippen LogP contribution in [0, 0.1) is 5.82 Å². The Bertz CT molecular complexity index is 538. The standard InChI is InChI=1S/C11H10ClFN4O/c1-17(11(18)10-5-14-16-15-10)6-7-8(12)3-2-4-9(7)13/h2-5H,6H2,1H3,(H,14,15,16). The number of aromatic nitrogens is 3. The lowest BCUT2D eigenvalue weighted by atomic mass is 10.2. The van der Waals surface area contributed by atoms with Crippen molar-refractivity contribution < 1.29 is 9.18 Å². The Morgan fingerprint density at radius 3 is 2.94 bits per heavy atom. The average Bonchev–Trinajstić information content (AvgIpc) is 2.86. The van der Waals surface area contributed by atoms with Crippen LogP contribution in [-0.2, 0) is 6.54 Å².